The number of fused-ring (bicyclic) bond motifs is 2. The van der Waals surface area contributed by atoms with Gasteiger partial charge >= 0.3 is 0 Å². The van der Waals surface area contributed by atoms with Crippen molar-refractivity contribution in [3.8, 4) is 12.3 Å². The van der Waals surface area contributed by atoms with Crippen LogP contribution in [0.3, 0.4) is 0 Å². The molecule has 0 radical (unpaired) electrons. The summed E-state index contributed by atoms with van der Waals surface area (Å²) in [5, 5.41) is 3.49. The molecule has 1 nitrogen and oxygen atoms in total. The number of nitrogens with one attached hydrogen (secondary N) is 1. The van der Waals surface area contributed by atoms with Crippen LogP contribution < -0.4 is 5.32 Å². The normalized spacial score (nSPS) is 47.2. The van der Waals surface area contributed by atoms with Gasteiger partial charge in [-0.2, -0.15) is 0 Å². The molecule has 0 saturated carbocycles. The van der Waals surface area contributed by atoms with Crippen LogP contribution in [0.4, 0.5) is 0 Å². The molecule has 3 atom stereocenters. The summed E-state index contributed by atoms with van der Waals surface area (Å²) in [7, 11) is 0. The molecule has 2 bridgehead atoms. The lowest BCUT2D eigenvalue weighted by Gasteiger charge is -2.12. The third-order valence-electron chi connectivity index (χ3n) is 2.51. The Labute approximate surface area is 55.8 Å². The van der Waals surface area contributed by atoms with Gasteiger partial charge in [0.2, 0.25) is 0 Å². The standard InChI is InChI=1S/C8H11N/c1-2-6-5-7-3-4-8(6)9-7/h1,6-9H,3-5H2. The van der Waals surface area contributed by atoms with Gasteiger partial charge < -0.3 is 5.32 Å². The van der Waals surface area contributed by atoms with Crippen molar-refractivity contribution in [3.63, 3.8) is 0 Å². The average molecular weight is 121 g/mol. The van der Waals surface area contributed by atoms with Crippen LogP contribution >= 0.6 is 0 Å². The highest BCUT2D eigenvalue weighted by Gasteiger charge is 2.37. The van der Waals surface area contributed by atoms with Crippen molar-refractivity contribution >= 4 is 0 Å². The van der Waals surface area contributed by atoms with Crippen LogP contribution in [0.2, 0.25) is 0 Å². The molecular weight excluding hydrogens is 110 g/mol. The number of hydrogen-bond donors (Lipinski definition) is 1. The minimum atomic E-state index is 0.545. The zero-order chi connectivity index (χ0) is 6.27. The van der Waals surface area contributed by atoms with Crippen molar-refractivity contribution in [1.29, 1.82) is 0 Å². The first-order valence-electron chi connectivity index (χ1n) is 3.62. The van der Waals surface area contributed by atoms with E-state index in [1.807, 2.05) is 0 Å². The minimum absolute atomic E-state index is 0.545. The Bertz CT molecular complexity index is 156. The summed E-state index contributed by atoms with van der Waals surface area (Å²) in [5.41, 5.74) is 0. The lowest BCUT2D eigenvalue weighted by Crippen LogP contribution is -2.21. The van der Waals surface area contributed by atoms with Crippen LogP contribution in [0.1, 0.15) is 19.3 Å². The van der Waals surface area contributed by atoms with E-state index in [0.29, 0.717) is 12.0 Å². The zero-order valence-corrected chi connectivity index (χ0v) is 5.43. The fraction of sp³-hybridized carbons (Fsp3) is 0.750. The fourth-order valence-electron chi connectivity index (χ4n) is 2.01. The Morgan fingerprint density at radius 3 is 2.67 bits per heavy atom. The molecule has 0 amide bonds. The molecule has 0 aromatic heterocycles. The first-order valence-corrected chi connectivity index (χ1v) is 3.62. The summed E-state index contributed by atoms with van der Waals surface area (Å²) in [6, 6.07) is 1.43. The monoisotopic (exact) mass is 121 g/mol. The highest BCUT2D eigenvalue weighted by Crippen LogP contribution is 2.32. The summed E-state index contributed by atoms with van der Waals surface area (Å²) >= 11 is 0. The Balaban J connectivity index is 2.12. The quantitative estimate of drug-likeness (QED) is 0.466. The smallest absolute Gasteiger partial charge is 0.0368 e. The summed E-state index contributed by atoms with van der Waals surface area (Å²) in [5.74, 6) is 3.38. The van der Waals surface area contributed by atoms with Crippen molar-refractivity contribution in [2.45, 2.75) is 31.3 Å². The van der Waals surface area contributed by atoms with Gasteiger partial charge in [-0.15, -0.1) is 12.3 Å². The second-order valence-corrected chi connectivity index (χ2v) is 3.06. The average Bonchev–Trinajstić information content (AvgIpc) is 2.45. The first-order chi connectivity index (χ1) is 4.40. The van der Waals surface area contributed by atoms with E-state index in [1.165, 1.54) is 19.3 Å². The molecule has 2 fully saturated rings. The van der Waals surface area contributed by atoms with Crippen molar-refractivity contribution in [3.05, 3.63) is 0 Å². The van der Waals surface area contributed by atoms with Gasteiger partial charge in [-0.3, -0.25) is 0 Å². The van der Waals surface area contributed by atoms with E-state index in [4.69, 9.17) is 6.42 Å². The first kappa shape index (κ1) is 5.32. The van der Waals surface area contributed by atoms with Gasteiger partial charge in [0.1, 0.15) is 0 Å². The largest absolute Gasteiger partial charge is 0.310 e. The summed E-state index contributed by atoms with van der Waals surface area (Å²) in [4.78, 5) is 0. The van der Waals surface area contributed by atoms with Crippen molar-refractivity contribution in [2.24, 2.45) is 5.92 Å². The van der Waals surface area contributed by atoms with Gasteiger partial charge in [0.25, 0.3) is 0 Å². The van der Waals surface area contributed by atoms with Crippen molar-refractivity contribution < 1.29 is 0 Å². The van der Waals surface area contributed by atoms with Gasteiger partial charge in [-0.05, 0) is 19.3 Å². The number of hydrogen-bond acceptors (Lipinski definition) is 1. The highest BCUT2D eigenvalue weighted by molar-refractivity contribution is 5.09. The van der Waals surface area contributed by atoms with Crippen LogP contribution in [0.25, 0.3) is 0 Å². The molecule has 0 spiro atoms. The molecule has 2 aliphatic rings. The van der Waals surface area contributed by atoms with Gasteiger partial charge in [0.15, 0.2) is 0 Å². The van der Waals surface area contributed by atoms with Crippen molar-refractivity contribution in [1.82, 2.24) is 5.32 Å². The third-order valence-corrected chi connectivity index (χ3v) is 2.51. The Morgan fingerprint density at radius 2 is 2.33 bits per heavy atom. The van der Waals surface area contributed by atoms with Crippen LogP contribution in [0.15, 0.2) is 0 Å². The number of rotatable bonds is 0. The van der Waals surface area contributed by atoms with E-state index in [-0.39, 0.29) is 0 Å². The summed E-state index contributed by atoms with van der Waals surface area (Å²) in [6.45, 7) is 0. The molecule has 0 aliphatic carbocycles. The SMILES string of the molecule is C#CC1CC2CCC1N2. The summed E-state index contributed by atoms with van der Waals surface area (Å²) in [6.07, 6.45) is 9.21. The molecule has 2 saturated heterocycles. The van der Waals surface area contributed by atoms with Gasteiger partial charge in [0.05, 0.1) is 0 Å². The summed E-state index contributed by atoms with van der Waals surface area (Å²) < 4.78 is 0. The van der Waals surface area contributed by atoms with E-state index < -0.39 is 0 Å². The maximum Gasteiger partial charge on any atom is 0.0368 e. The highest BCUT2D eigenvalue weighted by atomic mass is 15.0. The van der Waals surface area contributed by atoms with Crippen LogP contribution in [-0.2, 0) is 0 Å². The van der Waals surface area contributed by atoms with Crippen LogP contribution in [-0.4, -0.2) is 12.1 Å². The fourth-order valence-corrected chi connectivity index (χ4v) is 2.01. The second-order valence-electron chi connectivity index (χ2n) is 3.06. The van der Waals surface area contributed by atoms with E-state index in [2.05, 4.69) is 11.2 Å². The molecule has 2 rings (SSSR count). The minimum Gasteiger partial charge on any atom is -0.310 e. The Kier molecular flexibility index (Phi) is 1.03. The van der Waals surface area contributed by atoms with E-state index in [1.54, 1.807) is 0 Å². The predicted octanol–water partition coefficient (Wildman–Crippen LogP) is 0.760. The molecule has 9 heavy (non-hydrogen) atoms. The van der Waals surface area contributed by atoms with E-state index in [9.17, 15) is 0 Å². The van der Waals surface area contributed by atoms with Crippen molar-refractivity contribution in [2.75, 3.05) is 0 Å². The molecule has 2 heterocycles. The molecule has 0 aromatic rings. The molecule has 2 aliphatic heterocycles. The maximum atomic E-state index is 5.33. The molecule has 1 N–H and O–H groups in total. The topological polar surface area (TPSA) is 12.0 Å². The lowest BCUT2D eigenvalue weighted by molar-refractivity contribution is 0.493. The molecule has 48 valence electrons. The van der Waals surface area contributed by atoms with E-state index >= 15 is 0 Å². The van der Waals surface area contributed by atoms with Gasteiger partial charge in [-0.1, -0.05) is 0 Å². The lowest BCUT2D eigenvalue weighted by atomic mass is 9.90. The maximum absolute atomic E-state index is 5.33. The molecular formula is C8H11N. The van der Waals surface area contributed by atoms with Gasteiger partial charge in [0, 0.05) is 18.0 Å². The van der Waals surface area contributed by atoms with Crippen LogP contribution in [0.5, 0.6) is 0 Å². The molecule has 3 unspecified atom stereocenters. The predicted molar refractivity (Wildman–Crippen MR) is 36.9 cm³/mol. The number of terminal acetylenes is 1. The Hall–Kier alpha value is -0.480. The zero-order valence-electron chi connectivity index (χ0n) is 5.43. The second kappa shape index (κ2) is 1.75. The molecule has 1 heteroatoms. The Morgan fingerprint density at radius 1 is 1.44 bits per heavy atom. The molecule has 0 aromatic carbocycles. The third kappa shape index (κ3) is 0.668. The van der Waals surface area contributed by atoms with Gasteiger partial charge in [-0.25, -0.2) is 0 Å². The van der Waals surface area contributed by atoms with E-state index in [0.717, 1.165) is 6.04 Å². The van der Waals surface area contributed by atoms with Crippen LogP contribution in [0, 0.1) is 18.3 Å².